The molecule has 1 aliphatic rings. The molecule has 2 heteroatoms. The SMILES string of the molecule is CC(C)C1CCN(CC(C)(C)C(C)(C)N)C1. The first-order valence-electron chi connectivity index (χ1n) is 6.65. The molecule has 1 atom stereocenters. The van der Waals surface area contributed by atoms with E-state index in [4.69, 9.17) is 5.73 Å². The van der Waals surface area contributed by atoms with Crippen LogP contribution in [-0.2, 0) is 0 Å². The molecule has 1 unspecified atom stereocenters. The Bertz CT molecular complexity index is 225. The molecule has 1 rings (SSSR count). The summed E-state index contributed by atoms with van der Waals surface area (Å²) in [6.07, 6.45) is 1.36. The van der Waals surface area contributed by atoms with Crippen LogP contribution in [0.1, 0.15) is 48.0 Å². The van der Waals surface area contributed by atoms with E-state index in [1.807, 2.05) is 0 Å². The third kappa shape index (κ3) is 3.21. The molecule has 16 heavy (non-hydrogen) atoms. The molecule has 0 bridgehead atoms. The van der Waals surface area contributed by atoms with Gasteiger partial charge in [0, 0.05) is 18.6 Å². The number of rotatable bonds is 4. The van der Waals surface area contributed by atoms with Crippen LogP contribution in [0, 0.1) is 17.3 Å². The molecule has 1 saturated heterocycles. The molecular weight excluding hydrogens is 196 g/mol. The van der Waals surface area contributed by atoms with Gasteiger partial charge in [-0.3, -0.25) is 0 Å². The lowest BCUT2D eigenvalue weighted by atomic mass is 9.75. The Hall–Kier alpha value is -0.0800. The molecule has 1 heterocycles. The fourth-order valence-electron chi connectivity index (χ4n) is 2.31. The van der Waals surface area contributed by atoms with Gasteiger partial charge in [-0.15, -0.1) is 0 Å². The molecule has 96 valence electrons. The molecule has 0 aromatic heterocycles. The molecule has 0 aromatic rings. The first-order valence-corrected chi connectivity index (χ1v) is 6.65. The molecule has 0 spiro atoms. The summed E-state index contributed by atoms with van der Waals surface area (Å²) in [7, 11) is 0. The third-order valence-electron chi connectivity index (χ3n) is 4.61. The van der Waals surface area contributed by atoms with Gasteiger partial charge in [-0.1, -0.05) is 27.7 Å². The van der Waals surface area contributed by atoms with Crippen LogP contribution in [0.25, 0.3) is 0 Å². The maximum absolute atomic E-state index is 6.26. The lowest BCUT2D eigenvalue weighted by Crippen LogP contribution is -2.52. The first kappa shape index (κ1) is 14.0. The zero-order valence-electron chi connectivity index (χ0n) is 12.0. The normalized spacial score (nSPS) is 24.4. The molecule has 0 aliphatic carbocycles. The first-order chi connectivity index (χ1) is 7.13. The molecule has 1 aliphatic heterocycles. The molecule has 2 nitrogen and oxygen atoms in total. The fourth-order valence-corrected chi connectivity index (χ4v) is 2.31. The van der Waals surface area contributed by atoms with Crippen molar-refractivity contribution in [1.29, 1.82) is 0 Å². The van der Waals surface area contributed by atoms with Crippen LogP contribution in [0.2, 0.25) is 0 Å². The van der Waals surface area contributed by atoms with Crippen LogP contribution in [0.15, 0.2) is 0 Å². The summed E-state index contributed by atoms with van der Waals surface area (Å²) in [6, 6.07) is 0. The fraction of sp³-hybridized carbons (Fsp3) is 1.00. The van der Waals surface area contributed by atoms with Crippen molar-refractivity contribution in [2.24, 2.45) is 23.0 Å². The maximum Gasteiger partial charge on any atom is 0.0161 e. The minimum atomic E-state index is -0.108. The van der Waals surface area contributed by atoms with Crippen molar-refractivity contribution in [3.8, 4) is 0 Å². The van der Waals surface area contributed by atoms with E-state index in [2.05, 4.69) is 46.4 Å². The highest BCUT2D eigenvalue weighted by Crippen LogP contribution is 2.32. The Morgan fingerprint density at radius 3 is 2.19 bits per heavy atom. The number of nitrogens with two attached hydrogens (primary N) is 1. The zero-order chi connectivity index (χ0) is 12.6. The van der Waals surface area contributed by atoms with E-state index in [9.17, 15) is 0 Å². The van der Waals surface area contributed by atoms with Crippen LogP contribution in [0.4, 0.5) is 0 Å². The standard InChI is InChI=1S/C14H30N2/c1-11(2)12-7-8-16(9-12)10-13(3,4)14(5,6)15/h11-12H,7-10,15H2,1-6H3. The minimum absolute atomic E-state index is 0.108. The highest BCUT2D eigenvalue weighted by Gasteiger charge is 2.37. The van der Waals surface area contributed by atoms with Crippen molar-refractivity contribution in [3.05, 3.63) is 0 Å². The van der Waals surface area contributed by atoms with Gasteiger partial charge in [-0.05, 0) is 44.1 Å². The van der Waals surface area contributed by atoms with Crippen molar-refractivity contribution in [3.63, 3.8) is 0 Å². The summed E-state index contributed by atoms with van der Waals surface area (Å²) in [6.45, 7) is 17.2. The third-order valence-corrected chi connectivity index (χ3v) is 4.61. The second-order valence-corrected chi connectivity index (χ2v) is 7.13. The summed E-state index contributed by atoms with van der Waals surface area (Å²) in [5.74, 6) is 1.70. The van der Waals surface area contributed by atoms with Gasteiger partial charge >= 0.3 is 0 Å². The van der Waals surface area contributed by atoms with E-state index in [0.717, 1.165) is 18.4 Å². The van der Waals surface area contributed by atoms with Gasteiger partial charge < -0.3 is 10.6 Å². The summed E-state index contributed by atoms with van der Waals surface area (Å²) < 4.78 is 0. The molecule has 0 aromatic carbocycles. The average Bonchev–Trinajstić information content (AvgIpc) is 2.49. The van der Waals surface area contributed by atoms with Crippen LogP contribution < -0.4 is 5.73 Å². The van der Waals surface area contributed by atoms with Gasteiger partial charge in [0.2, 0.25) is 0 Å². The lowest BCUT2D eigenvalue weighted by molar-refractivity contribution is 0.125. The Balaban J connectivity index is 2.51. The number of likely N-dealkylation sites (tertiary alicyclic amines) is 1. The maximum atomic E-state index is 6.26. The quantitative estimate of drug-likeness (QED) is 0.798. The Labute approximate surface area is 102 Å². The van der Waals surface area contributed by atoms with E-state index in [-0.39, 0.29) is 11.0 Å². The van der Waals surface area contributed by atoms with Crippen molar-refractivity contribution in [1.82, 2.24) is 4.90 Å². The van der Waals surface area contributed by atoms with Gasteiger partial charge in [-0.25, -0.2) is 0 Å². The molecule has 0 radical (unpaired) electrons. The minimum Gasteiger partial charge on any atom is -0.325 e. The highest BCUT2D eigenvalue weighted by atomic mass is 15.2. The smallest absolute Gasteiger partial charge is 0.0161 e. The van der Waals surface area contributed by atoms with E-state index < -0.39 is 0 Å². The molecule has 2 N–H and O–H groups in total. The molecule has 0 saturated carbocycles. The molecular formula is C14H30N2. The van der Waals surface area contributed by atoms with Gasteiger partial charge in [0.25, 0.3) is 0 Å². The van der Waals surface area contributed by atoms with E-state index >= 15 is 0 Å². The van der Waals surface area contributed by atoms with E-state index in [1.54, 1.807) is 0 Å². The second-order valence-electron chi connectivity index (χ2n) is 7.13. The van der Waals surface area contributed by atoms with Gasteiger partial charge in [0.15, 0.2) is 0 Å². The molecule has 1 fully saturated rings. The van der Waals surface area contributed by atoms with E-state index in [1.165, 1.54) is 19.5 Å². The van der Waals surface area contributed by atoms with Crippen molar-refractivity contribution in [2.75, 3.05) is 19.6 Å². The summed E-state index contributed by atoms with van der Waals surface area (Å²) >= 11 is 0. The van der Waals surface area contributed by atoms with Crippen LogP contribution in [0.5, 0.6) is 0 Å². The predicted octanol–water partition coefficient (Wildman–Crippen LogP) is 2.73. The number of nitrogens with zero attached hydrogens (tertiary/aromatic N) is 1. The average molecular weight is 226 g/mol. The lowest BCUT2D eigenvalue weighted by Gasteiger charge is -2.41. The van der Waals surface area contributed by atoms with Gasteiger partial charge in [0.05, 0.1) is 0 Å². The second kappa shape index (κ2) is 4.66. The van der Waals surface area contributed by atoms with Crippen molar-refractivity contribution < 1.29 is 0 Å². The zero-order valence-corrected chi connectivity index (χ0v) is 12.0. The van der Waals surface area contributed by atoms with E-state index in [0.29, 0.717) is 0 Å². The predicted molar refractivity (Wildman–Crippen MR) is 71.4 cm³/mol. The number of hydrogen-bond acceptors (Lipinski definition) is 2. The Kier molecular flexibility index (Phi) is 4.07. The van der Waals surface area contributed by atoms with Crippen LogP contribution in [-0.4, -0.2) is 30.1 Å². The van der Waals surface area contributed by atoms with Gasteiger partial charge in [0.1, 0.15) is 0 Å². The topological polar surface area (TPSA) is 29.3 Å². The summed E-state index contributed by atoms with van der Waals surface area (Å²) in [5, 5.41) is 0. The number of hydrogen-bond donors (Lipinski definition) is 1. The van der Waals surface area contributed by atoms with Crippen molar-refractivity contribution >= 4 is 0 Å². The molecule has 0 amide bonds. The Morgan fingerprint density at radius 1 is 1.25 bits per heavy atom. The summed E-state index contributed by atoms with van der Waals surface area (Å²) in [4.78, 5) is 2.60. The van der Waals surface area contributed by atoms with Crippen LogP contribution >= 0.6 is 0 Å². The summed E-state index contributed by atoms with van der Waals surface area (Å²) in [5.41, 5.74) is 6.33. The van der Waals surface area contributed by atoms with Crippen LogP contribution in [0.3, 0.4) is 0 Å². The highest BCUT2D eigenvalue weighted by molar-refractivity contribution is 4.93. The van der Waals surface area contributed by atoms with Gasteiger partial charge in [-0.2, -0.15) is 0 Å². The van der Waals surface area contributed by atoms with Crippen molar-refractivity contribution in [2.45, 2.75) is 53.5 Å². The largest absolute Gasteiger partial charge is 0.325 e. The monoisotopic (exact) mass is 226 g/mol. The Morgan fingerprint density at radius 2 is 1.81 bits per heavy atom.